The molecule has 0 heterocycles. The van der Waals surface area contributed by atoms with Crippen molar-refractivity contribution in [3.8, 4) is 5.75 Å². The highest BCUT2D eigenvalue weighted by Gasteiger charge is 2.09. The third-order valence-electron chi connectivity index (χ3n) is 1.97. The molecule has 1 aromatic rings. The maximum absolute atomic E-state index is 11.3. The largest absolute Gasteiger partial charge is 0.482 e. The molecule has 1 unspecified atom stereocenters. The van der Waals surface area contributed by atoms with E-state index in [4.69, 9.17) is 19.9 Å². The van der Waals surface area contributed by atoms with Crippen LogP contribution in [0.4, 0.5) is 5.69 Å². The molecule has 0 aliphatic heterocycles. The minimum absolute atomic E-state index is 0.127. The van der Waals surface area contributed by atoms with Gasteiger partial charge in [-0.05, 0) is 31.2 Å². The molecule has 0 saturated heterocycles. The molecule has 0 fully saturated rings. The number of nitrogen functional groups attached to an aromatic ring is 1. The average molecular weight is 239 g/mol. The Morgan fingerprint density at radius 3 is 2.59 bits per heavy atom. The van der Waals surface area contributed by atoms with Crippen molar-refractivity contribution in [2.24, 2.45) is 0 Å². The zero-order chi connectivity index (χ0) is 12.7. The van der Waals surface area contributed by atoms with Crippen molar-refractivity contribution in [1.82, 2.24) is 0 Å². The molecule has 2 N–H and O–H groups in total. The summed E-state index contributed by atoms with van der Waals surface area (Å²) in [5.74, 6) is 0.155. The second kappa shape index (κ2) is 6.75. The van der Waals surface area contributed by atoms with Crippen LogP contribution in [-0.4, -0.2) is 32.4 Å². The van der Waals surface area contributed by atoms with Gasteiger partial charge in [0.2, 0.25) is 0 Å². The summed E-state index contributed by atoms with van der Waals surface area (Å²) in [6.07, 6.45) is -0.275. The number of hydrogen-bond donors (Lipinski definition) is 1. The first-order valence-electron chi connectivity index (χ1n) is 5.28. The number of ether oxygens (including phenoxy) is 3. The molecule has 0 saturated carbocycles. The lowest BCUT2D eigenvalue weighted by molar-refractivity contribution is -0.152. The van der Waals surface area contributed by atoms with Crippen LogP contribution in [0.3, 0.4) is 0 Å². The predicted octanol–water partition coefficient (Wildman–Crippen LogP) is 1.23. The molecule has 5 nitrogen and oxygen atoms in total. The summed E-state index contributed by atoms with van der Waals surface area (Å²) >= 11 is 0. The quantitative estimate of drug-likeness (QED) is 0.597. The highest BCUT2D eigenvalue weighted by atomic mass is 16.6. The maximum atomic E-state index is 11.3. The van der Waals surface area contributed by atoms with Gasteiger partial charge in [0.05, 0.1) is 6.61 Å². The summed E-state index contributed by atoms with van der Waals surface area (Å²) in [5.41, 5.74) is 6.17. The van der Waals surface area contributed by atoms with E-state index in [2.05, 4.69) is 0 Å². The summed E-state index contributed by atoms with van der Waals surface area (Å²) in [6, 6.07) is 6.80. The number of carbonyl (C=O) groups is 1. The van der Waals surface area contributed by atoms with E-state index in [1.165, 1.54) is 0 Å². The smallest absolute Gasteiger partial charge is 0.344 e. The Balaban J connectivity index is 2.30. The first-order valence-corrected chi connectivity index (χ1v) is 5.28. The summed E-state index contributed by atoms with van der Waals surface area (Å²) in [7, 11) is 1.55. The van der Waals surface area contributed by atoms with Crippen molar-refractivity contribution in [2.75, 3.05) is 26.1 Å². The van der Waals surface area contributed by atoms with Gasteiger partial charge in [-0.3, -0.25) is 0 Å². The molecule has 0 amide bonds. The number of nitrogens with two attached hydrogens (primary N) is 1. The maximum Gasteiger partial charge on any atom is 0.344 e. The Morgan fingerprint density at radius 2 is 2.00 bits per heavy atom. The summed E-state index contributed by atoms with van der Waals surface area (Å²) in [5, 5.41) is 0. The molecule has 0 aliphatic rings. The van der Waals surface area contributed by atoms with E-state index in [1.807, 2.05) is 0 Å². The number of methoxy groups -OCH3 is 1. The van der Waals surface area contributed by atoms with Crippen LogP contribution in [0.25, 0.3) is 0 Å². The second-order valence-electron chi connectivity index (χ2n) is 3.61. The average Bonchev–Trinajstić information content (AvgIpc) is 2.28. The topological polar surface area (TPSA) is 70.8 Å². The van der Waals surface area contributed by atoms with Gasteiger partial charge in [-0.15, -0.1) is 0 Å². The Kier molecular flexibility index (Phi) is 5.29. The molecule has 1 rings (SSSR count). The minimum atomic E-state index is -0.425. The van der Waals surface area contributed by atoms with Crippen molar-refractivity contribution in [2.45, 2.75) is 13.0 Å². The monoisotopic (exact) mass is 239 g/mol. The fraction of sp³-hybridized carbons (Fsp3) is 0.417. The van der Waals surface area contributed by atoms with Crippen molar-refractivity contribution in [1.29, 1.82) is 0 Å². The van der Waals surface area contributed by atoms with Gasteiger partial charge in [0.25, 0.3) is 0 Å². The highest BCUT2D eigenvalue weighted by Crippen LogP contribution is 2.12. The standard InChI is InChI=1S/C12H17NO4/c1-9(7-15-2)17-12(14)8-16-11-5-3-10(13)4-6-11/h3-6,9H,7-8,13H2,1-2H3. The van der Waals surface area contributed by atoms with E-state index in [9.17, 15) is 4.79 Å². The molecule has 1 aromatic carbocycles. The summed E-state index contributed by atoms with van der Waals surface area (Å²) in [6.45, 7) is 2.00. The third kappa shape index (κ3) is 5.21. The zero-order valence-electron chi connectivity index (χ0n) is 10.0. The summed E-state index contributed by atoms with van der Waals surface area (Å²) in [4.78, 5) is 11.3. The molecule has 0 bridgehead atoms. The lowest BCUT2D eigenvalue weighted by Crippen LogP contribution is -2.23. The fourth-order valence-electron chi connectivity index (χ4n) is 1.23. The van der Waals surface area contributed by atoms with Crippen LogP contribution >= 0.6 is 0 Å². The highest BCUT2D eigenvalue weighted by molar-refractivity contribution is 5.71. The number of esters is 1. The van der Waals surface area contributed by atoms with Gasteiger partial charge >= 0.3 is 5.97 Å². The van der Waals surface area contributed by atoms with E-state index < -0.39 is 5.97 Å². The van der Waals surface area contributed by atoms with Gasteiger partial charge in [0, 0.05) is 12.8 Å². The van der Waals surface area contributed by atoms with Crippen molar-refractivity contribution < 1.29 is 19.0 Å². The SMILES string of the molecule is COCC(C)OC(=O)COc1ccc(N)cc1. The molecule has 0 spiro atoms. The van der Waals surface area contributed by atoms with Gasteiger partial charge in [-0.25, -0.2) is 4.79 Å². The number of rotatable bonds is 6. The van der Waals surface area contributed by atoms with Crippen molar-refractivity contribution >= 4 is 11.7 Å². The normalized spacial score (nSPS) is 11.9. The van der Waals surface area contributed by atoms with Crippen LogP contribution in [-0.2, 0) is 14.3 Å². The van der Waals surface area contributed by atoms with Gasteiger partial charge in [-0.1, -0.05) is 0 Å². The molecule has 17 heavy (non-hydrogen) atoms. The molecule has 5 heteroatoms. The van der Waals surface area contributed by atoms with Crippen LogP contribution in [0, 0.1) is 0 Å². The lowest BCUT2D eigenvalue weighted by Gasteiger charge is -2.12. The van der Waals surface area contributed by atoms with E-state index >= 15 is 0 Å². The molecular formula is C12H17NO4. The molecule has 0 aliphatic carbocycles. The molecule has 1 atom stereocenters. The Labute approximate surface area is 100 Å². The van der Waals surface area contributed by atoms with Crippen LogP contribution in [0.2, 0.25) is 0 Å². The fourth-order valence-corrected chi connectivity index (χ4v) is 1.23. The number of hydrogen-bond acceptors (Lipinski definition) is 5. The van der Waals surface area contributed by atoms with E-state index in [0.717, 1.165) is 0 Å². The third-order valence-corrected chi connectivity index (χ3v) is 1.97. The van der Waals surface area contributed by atoms with E-state index in [-0.39, 0.29) is 12.7 Å². The first kappa shape index (κ1) is 13.3. The van der Waals surface area contributed by atoms with Crippen molar-refractivity contribution in [3.05, 3.63) is 24.3 Å². The van der Waals surface area contributed by atoms with E-state index in [1.54, 1.807) is 38.3 Å². The lowest BCUT2D eigenvalue weighted by atomic mass is 10.3. The molecule has 0 aromatic heterocycles. The molecule has 0 radical (unpaired) electrons. The van der Waals surface area contributed by atoms with Crippen LogP contribution in [0.15, 0.2) is 24.3 Å². The number of carbonyl (C=O) groups excluding carboxylic acids is 1. The van der Waals surface area contributed by atoms with Gasteiger partial charge < -0.3 is 19.9 Å². The van der Waals surface area contributed by atoms with E-state index in [0.29, 0.717) is 18.0 Å². The Bertz CT molecular complexity index is 350. The van der Waals surface area contributed by atoms with Gasteiger partial charge in [0.15, 0.2) is 6.61 Å². The first-order chi connectivity index (χ1) is 8.11. The Hall–Kier alpha value is -1.75. The molecular weight excluding hydrogens is 222 g/mol. The predicted molar refractivity (Wildman–Crippen MR) is 63.8 cm³/mol. The van der Waals surface area contributed by atoms with Crippen LogP contribution in [0.1, 0.15) is 6.92 Å². The number of benzene rings is 1. The number of anilines is 1. The molecule has 94 valence electrons. The van der Waals surface area contributed by atoms with Crippen LogP contribution < -0.4 is 10.5 Å². The van der Waals surface area contributed by atoms with Gasteiger partial charge in [0.1, 0.15) is 11.9 Å². The second-order valence-corrected chi connectivity index (χ2v) is 3.61. The zero-order valence-corrected chi connectivity index (χ0v) is 10.0. The van der Waals surface area contributed by atoms with Gasteiger partial charge in [-0.2, -0.15) is 0 Å². The van der Waals surface area contributed by atoms with Crippen LogP contribution in [0.5, 0.6) is 5.75 Å². The Morgan fingerprint density at radius 1 is 1.35 bits per heavy atom. The summed E-state index contributed by atoms with van der Waals surface area (Å²) < 4.78 is 15.1. The van der Waals surface area contributed by atoms with Crippen molar-refractivity contribution in [3.63, 3.8) is 0 Å². The minimum Gasteiger partial charge on any atom is -0.482 e.